The van der Waals surface area contributed by atoms with Crippen molar-refractivity contribution in [1.29, 1.82) is 0 Å². The lowest BCUT2D eigenvalue weighted by Crippen LogP contribution is -2.58. The van der Waals surface area contributed by atoms with Gasteiger partial charge in [0.05, 0.1) is 11.0 Å². The number of benzene rings is 2. The summed E-state index contributed by atoms with van der Waals surface area (Å²) in [6.07, 6.45) is 8.18. The van der Waals surface area contributed by atoms with E-state index < -0.39 is 5.54 Å². The number of likely N-dealkylation sites (tertiary alicyclic amines) is 2. The Hall–Kier alpha value is -3.32. The molecular formula is C28H33N5O2. The monoisotopic (exact) mass is 471 g/mol. The molecule has 0 spiro atoms. The summed E-state index contributed by atoms with van der Waals surface area (Å²) in [5, 5.41) is 3.01. The van der Waals surface area contributed by atoms with Gasteiger partial charge in [0, 0.05) is 37.6 Å². The Kier molecular flexibility index (Phi) is 6.77. The molecule has 2 fully saturated rings. The number of hydrogen-bond acceptors (Lipinski definition) is 5. The third-order valence-corrected chi connectivity index (χ3v) is 7.68. The number of likely N-dealkylation sites (N-methyl/N-ethyl adjacent to an activating group) is 1. The van der Waals surface area contributed by atoms with Crippen LogP contribution in [0, 0.1) is 5.92 Å². The molecular weight excluding hydrogens is 438 g/mol. The van der Waals surface area contributed by atoms with Crippen molar-refractivity contribution in [2.24, 2.45) is 5.92 Å². The molecule has 35 heavy (non-hydrogen) atoms. The molecule has 182 valence electrons. The molecule has 2 aliphatic rings. The first-order valence-corrected chi connectivity index (χ1v) is 12.6. The maximum atomic E-state index is 13.8. The van der Waals surface area contributed by atoms with Crippen molar-refractivity contribution in [3.63, 3.8) is 0 Å². The molecule has 7 heteroatoms. The van der Waals surface area contributed by atoms with Crippen LogP contribution in [0.4, 0.5) is 5.69 Å². The van der Waals surface area contributed by atoms with Gasteiger partial charge in [-0.2, -0.15) is 0 Å². The van der Waals surface area contributed by atoms with E-state index in [1.807, 2.05) is 41.3 Å². The van der Waals surface area contributed by atoms with Gasteiger partial charge >= 0.3 is 0 Å². The van der Waals surface area contributed by atoms with Crippen LogP contribution in [0.1, 0.15) is 37.7 Å². The highest BCUT2D eigenvalue weighted by atomic mass is 16.2. The van der Waals surface area contributed by atoms with E-state index in [0.29, 0.717) is 19.5 Å². The van der Waals surface area contributed by atoms with E-state index >= 15 is 0 Å². The standard InChI is InChI=1S/C28H33N5O2/c1-32-15-5-12-28(32,20-22-6-3-2-4-7-22)27(35)33-16-10-21(11-17-33)18-26(34)31-23-8-9-24-25(19-23)30-14-13-29-24/h2-4,6-9,13-14,19,21H,5,10-12,15-18,20H2,1H3,(H,31,34). The van der Waals surface area contributed by atoms with Crippen molar-refractivity contribution < 1.29 is 9.59 Å². The van der Waals surface area contributed by atoms with Gasteiger partial charge < -0.3 is 10.2 Å². The summed E-state index contributed by atoms with van der Waals surface area (Å²) in [5.74, 6) is 0.543. The predicted octanol–water partition coefficient (Wildman–Crippen LogP) is 3.90. The highest BCUT2D eigenvalue weighted by molar-refractivity contribution is 5.93. The number of nitrogens with zero attached hydrogens (tertiary/aromatic N) is 4. The number of rotatable bonds is 6. The first-order chi connectivity index (χ1) is 17.0. The maximum absolute atomic E-state index is 13.8. The van der Waals surface area contributed by atoms with E-state index in [0.717, 1.165) is 55.4 Å². The zero-order valence-electron chi connectivity index (χ0n) is 20.3. The number of carbonyl (C=O) groups excluding carboxylic acids is 2. The number of piperidine rings is 1. The Morgan fingerprint density at radius 1 is 1.00 bits per heavy atom. The molecule has 7 nitrogen and oxygen atoms in total. The van der Waals surface area contributed by atoms with Crippen LogP contribution in [0.2, 0.25) is 0 Å². The normalized spacial score (nSPS) is 21.3. The van der Waals surface area contributed by atoms with Crippen LogP contribution in [-0.2, 0) is 16.0 Å². The predicted molar refractivity (Wildman–Crippen MR) is 137 cm³/mol. The second kappa shape index (κ2) is 10.1. The van der Waals surface area contributed by atoms with Gasteiger partial charge in [-0.3, -0.25) is 24.5 Å². The quantitative estimate of drug-likeness (QED) is 0.590. The number of nitrogens with one attached hydrogen (secondary N) is 1. The molecule has 3 heterocycles. The molecule has 0 radical (unpaired) electrons. The lowest BCUT2D eigenvalue weighted by Gasteiger charge is -2.42. The Morgan fingerprint density at radius 3 is 2.46 bits per heavy atom. The Labute approximate surface area is 206 Å². The summed E-state index contributed by atoms with van der Waals surface area (Å²) in [7, 11) is 2.09. The average Bonchev–Trinajstić information content (AvgIpc) is 3.25. The van der Waals surface area contributed by atoms with Gasteiger partial charge in [0.1, 0.15) is 5.54 Å². The highest BCUT2D eigenvalue weighted by Crippen LogP contribution is 2.35. The van der Waals surface area contributed by atoms with Crippen molar-refractivity contribution in [2.75, 3.05) is 32.0 Å². The molecule has 5 rings (SSSR count). The first-order valence-electron chi connectivity index (χ1n) is 12.6. The molecule has 2 aliphatic heterocycles. The van der Waals surface area contributed by atoms with Crippen molar-refractivity contribution in [3.05, 3.63) is 66.5 Å². The molecule has 0 bridgehead atoms. The van der Waals surface area contributed by atoms with Gasteiger partial charge in [-0.25, -0.2) is 0 Å². The molecule has 2 amide bonds. The molecule has 1 unspecified atom stereocenters. The second-order valence-corrected chi connectivity index (χ2v) is 9.97. The summed E-state index contributed by atoms with van der Waals surface area (Å²) in [6, 6.07) is 15.9. The topological polar surface area (TPSA) is 78.4 Å². The fourth-order valence-electron chi connectivity index (χ4n) is 5.67. The fraction of sp³-hybridized carbons (Fsp3) is 0.429. The fourth-order valence-corrected chi connectivity index (χ4v) is 5.67. The average molecular weight is 472 g/mol. The smallest absolute Gasteiger partial charge is 0.243 e. The van der Waals surface area contributed by atoms with Crippen molar-refractivity contribution >= 4 is 28.5 Å². The van der Waals surface area contributed by atoms with Crippen molar-refractivity contribution in [1.82, 2.24) is 19.8 Å². The van der Waals surface area contributed by atoms with E-state index in [2.05, 4.69) is 39.4 Å². The summed E-state index contributed by atoms with van der Waals surface area (Å²) in [5.41, 5.74) is 3.06. The van der Waals surface area contributed by atoms with Crippen LogP contribution >= 0.6 is 0 Å². The molecule has 0 saturated carbocycles. The molecule has 1 aromatic heterocycles. The van der Waals surface area contributed by atoms with Gasteiger partial charge in [0.25, 0.3) is 0 Å². The van der Waals surface area contributed by atoms with Crippen LogP contribution < -0.4 is 5.32 Å². The van der Waals surface area contributed by atoms with E-state index in [9.17, 15) is 9.59 Å². The molecule has 0 aliphatic carbocycles. The molecule has 1 atom stereocenters. The number of carbonyl (C=O) groups is 2. The Balaban J connectivity index is 1.17. The van der Waals surface area contributed by atoms with E-state index in [-0.39, 0.29) is 17.7 Å². The van der Waals surface area contributed by atoms with Crippen LogP contribution in [0.3, 0.4) is 0 Å². The van der Waals surface area contributed by atoms with Crippen LogP contribution in [-0.4, -0.2) is 63.8 Å². The number of aromatic nitrogens is 2. The third kappa shape index (κ3) is 5.05. The zero-order chi connectivity index (χ0) is 24.3. The van der Waals surface area contributed by atoms with Crippen LogP contribution in [0.15, 0.2) is 60.9 Å². The van der Waals surface area contributed by atoms with Crippen molar-refractivity contribution in [3.8, 4) is 0 Å². The number of amides is 2. The third-order valence-electron chi connectivity index (χ3n) is 7.68. The van der Waals surface area contributed by atoms with Gasteiger partial charge in [-0.05, 0) is 75.4 Å². The number of hydrogen-bond donors (Lipinski definition) is 1. The zero-order valence-corrected chi connectivity index (χ0v) is 20.3. The lowest BCUT2D eigenvalue weighted by molar-refractivity contribution is -0.143. The van der Waals surface area contributed by atoms with Crippen LogP contribution in [0.25, 0.3) is 11.0 Å². The number of fused-ring (bicyclic) bond motifs is 1. The summed E-state index contributed by atoms with van der Waals surface area (Å²) in [4.78, 5) is 39.4. The lowest BCUT2D eigenvalue weighted by atomic mass is 9.85. The summed E-state index contributed by atoms with van der Waals surface area (Å²) in [6.45, 7) is 2.38. The summed E-state index contributed by atoms with van der Waals surface area (Å²) < 4.78 is 0. The minimum atomic E-state index is -0.454. The number of anilines is 1. The second-order valence-electron chi connectivity index (χ2n) is 9.97. The summed E-state index contributed by atoms with van der Waals surface area (Å²) >= 11 is 0. The van der Waals surface area contributed by atoms with E-state index in [1.54, 1.807) is 12.4 Å². The van der Waals surface area contributed by atoms with Gasteiger partial charge in [0.15, 0.2) is 0 Å². The highest BCUT2D eigenvalue weighted by Gasteiger charge is 2.47. The largest absolute Gasteiger partial charge is 0.341 e. The molecule has 2 saturated heterocycles. The van der Waals surface area contributed by atoms with E-state index in [1.165, 1.54) is 5.56 Å². The van der Waals surface area contributed by atoms with Gasteiger partial charge in [0.2, 0.25) is 11.8 Å². The van der Waals surface area contributed by atoms with Gasteiger partial charge in [-0.15, -0.1) is 0 Å². The molecule has 3 aromatic rings. The first kappa shape index (κ1) is 23.4. The molecule has 2 aromatic carbocycles. The van der Waals surface area contributed by atoms with Crippen molar-refractivity contribution in [2.45, 2.75) is 44.1 Å². The van der Waals surface area contributed by atoms with Gasteiger partial charge in [-0.1, -0.05) is 30.3 Å². The maximum Gasteiger partial charge on any atom is 0.243 e. The Morgan fingerprint density at radius 2 is 1.74 bits per heavy atom. The minimum Gasteiger partial charge on any atom is -0.341 e. The van der Waals surface area contributed by atoms with Crippen LogP contribution in [0.5, 0.6) is 0 Å². The SMILES string of the molecule is CN1CCCC1(Cc1ccccc1)C(=O)N1CCC(CC(=O)Nc2ccc3nccnc3c2)CC1. The molecule has 1 N–H and O–H groups in total. The Bertz CT molecular complexity index is 1190. The van der Waals surface area contributed by atoms with E-state index in [4.69, 9.17) is 0 Å². The minimum absolute atomic E-state index is 0.00842.